The molecule has 0 spiro atoms. The smallest absolute Gasteiger partial charge is 0.227 e. The highest BCUT2D eigenvalue weighted by Crippen LogP contribution is 2.23. The van der Waals surface area contributed by atoms with Gasteiger partial charge in [0.05, 0.1) is 0 Å². The normalized spacial score (nSPS) is 12.1. The van der Waals surface area contributed by atoms with E-state index in [-0.39, 0.29) is 5.89 Å². The molecule has 62 valence electrons. The highest BCUT2D eigenvalue weighted by atomic mass is 35.5. The molecular formula is C7H10ClNO2. The van der Waals surface area contributed by atoms with Gasteiger partial charge in [-0.25, -0.2) is 0 Å². The summed E-state index contributed by atoms with van der Waals surface area (Å²) < 4.78 is 5.09. The summed E-state index contributed by atoms with van der Waals surface area (Å²) in [5.41, 5.74) is -1.06. The van der Waals surface area contributed by atoms with E-state index < -0.39 is 5.60 Å². The molecule has 3 nitrogen and oxygen atoms in total. The van der Waals surface area contributed by atoms with Crippen LogP contribution in [0, 0.1) is 6.92 Å². The molecule has 0 bridgehead atoms. The number of oxazole rings is 1. The first-order valence-electron chi connectivity index (χ1n) is 3.27. The van der Waals surface area contributed by atoms with Crippen molar-refractivity contribution in [2.45, 2.75) is 26.4 Å². The molecule has 0 amide bonds. The van der Waals surface area contributed by atoms with Crippen molar-refractivity contribution in [2.24, 2.45) is 0 Å². The third-order valence-corrected chi connectivity index (χ3v) is 1.61. The molecular weight excluding hydrogens is 166 g/mol. The first kappa shape index (κ1) is 8.56. The Hall–Kier alpha value is -0.540. The maximum Gasteiger partial charge on any atom is 0.227 e. The van der Waals surface area contributed by atoms with Gasteiger partial charge in [0.15, 0.2) is 5.15 Å². The molecule has 0 aliphatic carbocycles. The summed E-state index contributed by atoms with van der Waals surface area (Å²) in [6.45, 7) is 4.88. The minimum Gasteiger partial charge on any atom is -0.441 e. The van der Waals surface area contributed by atoms with Crippen LogP contribution in [0.5, 0.6) is 0 Å². The van der Waals surface area contributed by atoms with Crippen molar-refractivity contribution in [1.29, 1.82) is 0 Å². The van der Waals surface area contributed by atoms with Gasteiger partial charge in [0.2, 0.25) is 5.89 Å². The highest BCUT2D eigenvalue weighted by Gasteiger charge is 2.23. The molecule has 1 aromatic heterocycles. The number of hydrogen-bond acceptors (Lipinski definition) is 3. The van der Waals surface area contributed by atoms with E-state index >= 15 is 0 Å². The van der Waals surface area contributed by atoms with E-state index in [4.69, 9.17) is 16.0 Å². The molecule has 0 fully saturated rings. The van der Waals surface area contributed by atoms with Crippen LogP contribution in [0.1, 0.15) is 25.5 Å². The van der Waals surface area contributed by atoms with Crippen LogP contribution in [-0.2, 0) is 5.60 Å². The van der Waals surface area contributed by atoms with Gasteiger partial charge in [-0.2, -0.15) is 4.98 Å². The number of nitrogens with zero attached hydrogens (tertiary/aromatic N) is 1. The van der Waals surface area contributed by atoms with Crippen LogP contribution in [0.2, 0.25) is 5.15 Å². The van der Waals surface area contributed by atoms with Crippen molar-refractivity contribution >= 4 is 11.6 Å². The van der Waals surface area contributed by atoms with Gasteiger partial charge in [-0.1, -0.05) is 11.6 Å². The summed E-state index contributed by atoms with van der Waals surface area (Å²) in [7, 11) is 0. The Balaban J connectivity index is 3.08. The minimum atomic E-state index is -1.06. The topological polar surface area (TPSA) is 46.3 Å². The van der Waals surface area contributed by atoms with Gasteiger partial charge >= 0.3 is 0 Å². The fraction of sp³-hybridized carbons (Fsp3) is 0.571. The molecule has 0 aromatic carbocycles. The summed E-state index contributed by atoms with van der Waals surface area (Å²) in [5.74, 6) is 0.781. The largest absolute Gasteiger partial charge is 0.441 e. The maximum absolute atomic E-state index is 9.41. The molecule has 11 heavy (non-hydrogen) atoms. The average molecular weight is 176 g/mol. The van der Waals surface area contributed by atoms with Gasteiger partial charge in [0.1, 0.15) is 11.4 Å². The predicted octanol–water partition coefficient (Wildman–Crippen LogP) is 1.86. The molecule has 1 aromatic rings. The molecule has 0 aliphatic rings. The molecule has 4 heteroatoms. The maximum atomic E-state index is 9.41. The number of aromatic nitrogens is 1. The van der Waals surface area contributed by atoms with E-state index in [0.29, 0.717) is 10.9 Å². The summed E-state index contributed by atoms with van der Waals surface area (Å²) in [6.07, 6.45) is 0. The summed E-state index contributed by atoms with van der Waals surface area (Å²) >= 11 is 5.62. The van der Waals surface area contributed by atoms with Crippen LogP contribution >= 0.6 is 11.6 Å². The minimum absolute atomic E-state index is 0.250. The van der Waals surface area contributed by atoms with Gasteiger partial charge in [-0.15, -0.1) is 0 Å². The number of rotatable bonds is 1. The first-order chi connectivity index (χ1) is 4.91. The molecule has 1 N–H and O–H groups in total. The summed E-state index contributed by atoms with van der Waals surface area (Å²) in [4.78, 5) is 3.83. The van der Waals surface area contributed by atoms with E-state index in [1.807, 2.05) is 0 Å². The lowest BCUT2D eigenvalue weighted by Crippen LogP contribution is -2.15. The Bertz CT molecular complexity index is 242. The van der Waals surface area contributed by atoms with Crippen molar-refractivity contribution in [3.05, 3.63) is 16.8 Å². The number of hydrogen-bond donors (Lipinski definition) is 1. The quantitative estimate of drug-likeness (QED) is 0.709. The van der Waals surface area contributed by atoms with E-state index in [2.05, 4.69) is 4.98 Å². The van der Waals surface area contributed by atoms with Crippen LogP contribution in [0.4, 0.5) is 0 Å². The molecule has 0 saturated carbocycles. The number of aliphatic hydroxyl groups is 1. The predicted molar refractivity (Wildman–Crippen MR) is 41.5 cm³/mol. The Labute approximate surface area is 70.0 Å². The van der Waals surface area contributed by atoms with Crippen LogP contribution in [0.3, 0.4) is 0 Å². The number of halogens is 1. The zero-order chi connectivity index (χ0) is 8.65. The van der Waals surface area contributed by atoms with Crippen LogP contribution < -0.4 is 0 Å². The molecule has 1 heterocycles. The first-order valence-corrected chi connectivity index (χ1v) is 3.65. The molecule has 0 atom stereocenters. The van der Waals surface area contributed by atoms with Crippen molar-refractivity contribution in [2.75, 3.05) is 0 Å². The van der Waals surface area contributed by atoms with E-state index in [1.165, 1.54) is 0 Å². The fourth-order valence-corrected chi connectivity index (χ4v) is 0.755. The Kier molecular flexibility index (Phi) is 1.94. The molecule has 0 radical (unpaired) electrons. The average Bonchev–Trinajstić information content (AvgIpc) is 2.11. The Morgan fingerprint density at radius 3 is 2.27 bits per heavy atom. The van der Waals surface area contributed by atoms with Gasteiger partial charge in [-0.3, -0.25) is 0 Å². The monoisotopic (exact) mass is 175 g/mol. The van der Waals surface area contributed by atoms with E-state index in [9.17, 15) is 5.11 Å². The standard InChI is InChI=1S/C7H10ClNO2/c1-4-5(8)9-6(11-4)7(2,3)10/h10H,1-3H3. The zero-order valence-corrected chi connectivity index (χ0v) is 7.44. The zero-order valence-electron chi connectivity index (χ0n) is 6.68. The number of aryl methyl sites for hydroxylation is 1. The second-order valence-corrected chi connectivity index (χ2v) is 3.28. The van der Waals surface area contributed by atoms with Crippen molar-refractivity contribution in [3.8, 4) is 0 Å². The molecule has 0 unspecified atom stereocenters. The van der Waals surface area contributed by atoms with Crippen molar-refractivity contribution in [3.63, 3.8) is 0 Å². The van der Waals surface area contributed by atoms with E-state index in [0.717, 1.165) is 0 Å². The lowest BCUT2D eigenvalue weighted by Gasteiger charge is -2.10. The SMILES string of the molecule is Cc1oc(C(C)(C)O)nc1Cl. The van der Waals surface area contributed by atoms with Gasteiger partial charge in [-0.05, 0) is 20.8 Å². The Morgan fingerprint density at radius 1 is 1.55 bits per heavy atom. The lowest BCUT2D eigenvalue weighted by atomic mass is 10.1. The van der Waals surface area contributed by atoms with Crippen molar-refractivity contribution < 1.29 is 9.52 Å². The van der Waals surface area contributed by atoms with Crippen LogP contribution in [0.25, 0.3) is 0 Å². The third-order valence-electron chi connectivity index (χ3n) is 1.26. The van der Waals surface area contributed by atoms with Crippen LogP contribution in [0.15, 0.2) is 4.42 Å². The second kappa shape index (κ2) is 2.50. The molecule has 1 rings (SSSR count). The Morgan fingerprint density at radius 2 is 2.09 bits per heavy atom. The highest BCUT2D eigenvalue weighted by molar-refractivity contribution is 6.29. The second-order valence-electron chi connectivity index (χ2n) is 2.93. The fourth-order valence-electron chi connectivity index (χ4n) is 0.640. The lowest BCUT2D eigenvalue weighted by molar-refractivity contribution is 0.0475. The molecule has 0 saturated heterocycles. The third kappa shape index (κ3) is 1.73. The summed E-state index contributed by atoms with van der Waals surface area (Å²) in [5, 5.41) is 9.72. The van der Waals surface area contributed by atoms with Crippen LogP contribution in [-0.4, -0.2) is 10.1 Å². The summed E-state index contributed by atoms with van der Waals surface area (Å²) in [6, 6.07) is 0. The molecule has 0 aliphatic heterocycles. The van der Waals surface area contributed by atoms with Crippen molar-refractivity contribution in [1.82, 2.24) is 4.98 Å². The van der Waals surface area contributed by atoms with Gasteiger partial charge < -0.3 is 9.52 Å². The van der Waals surface area contributed by atoms with E-state index in [1.54, 1.807) is 20.8 Å². The van der Waals surface area contributed by atoms with Gasteiger partial charge in [0, 0.05) is 0 Å². The van der Waals surface area contributed by atoms with Gasteiger partial charge in [0.25, 0.3) is 0 Å².